The smallest absolute Gasteiger partial charge is 0.410 e. The van der Waals surface area contributed by atoms with E-state index >= 15 is 0 Å². The van der Waals surface area contributed by atoms with Gasteiger partial charge in [-0.25, -0.2) is 13.2 Å². The molecule has 37 heavy (non-hydrogen) atoms. The second-order valence-corrected chi connectivity index (χ2v) is 11.1. The van der Waals surface area contributed by atoms with Crippen LogP contribution in [0.1, 0.15) is 37.8 Å². The Kier molecular flexibility index (Phi) is 8.32. The van der Waals surface area contributed by atoms with Gasteiger partial charge in [0, 0.05) is 26.2 Å². The third-order valence-electron chi connectivity index (χ3n) is 7.14. The minimum atomic E-state index is -3.57. The molecule has 4 rings (SSSR count). The number of nitrogens with zero attached hydrogens (tertiary/aromatic N) is 2. The Hall–Kier alpha value is -3.20. The van der Waals surface area contributed by atoms with Crippen molar-refractivity contribution >= 4 is 16.1 Å². The Balaban J connectivity index is 1.43. The fourth-order valence-corrected chi connectivity index (χ4v) is 6.52. The third kappa shape index (κ3) is 5.56. The summed E-state index contributed by atoms with van der Waals surface area (Å²) in [4.78, 5) is 14.7. The maximum absolute atomic E-state index is 12.9. The molecule has 0 radical (unpaired) electrons. The zero-order valence-corrected chi connectivity index (χ0v) is 22.1. The van der Waals surface area contributed by atoms with Crippen molar-refractivity contribution in [3.63, 3.8) is 0 Å². The lowest BCUT2D eigenvalue weighted by atomic mass is 9.72. The molecule has 8 heteroatoms. The predicted octanol–water partition coefficient (Wildman–Crippen LogP) is 4.86. The molecule has 0 unspecified atom stereocenters. The van der Waals surface area contributed by atoms with E-state index in [1.807, 2.05) is 60.7 Å². The molecule has 0 spiro atoms. The van der Waals surface area contributed by atoms with E-state index in [4.69, 9.17) is 4.74 Å². The summed E-state index contributed by atoms with van der Waals surface area (Å²) >= 11 is 0. The van der Waals surface area contributed by atoms with Crippen LogP contribution in [0.4, 0.5) is 4.79 Å². The first kappa shape index (κ1) is 26.9. The standard InChI is InChI=1S/C29H34N2O5S/c1-3-31(4-2)37(34,35)27-17-15-26(16-18-27)36-28(32)30-21-19-25(20-22-30)29(33,23-11-7-5-8-12-23)24-13-9-6-10-14-24/h5-18,25,33H,3-4,19-22H2,1-2H3. The first-order valence-electron chi connectivity index (χ1n) is 12.7. The predicted molar refractivity (Wildman–Crippen MR) is 143 cm³/mol. The van der Waals surface area contributed by atoms with Crippen LogP contribution in [0, 0.1) is 5.92 Å². The zero-order valence-electron chi connectivity index (χ0n) is 21.3. The number of hydrogen-bond donors (Lipinski definition) is 1. The van der Waals surface area contributed by atoms with Gasteiger partial charge in [0.05, 0.1) is 4.90 Å². The van der Waals surface area contributed by atoms with E-state index in [0.717, 1.165) is 11.1 Å². The zero-order chi connectivity index (χ0) is 26.5. The van der Waals surface area contributed by atoms with E-state index in [0.29, 0.717) is 39.0 Å². The topological polar surface area (TPSA) is 87.2 Å². The van der Waals surface area contributed by atoms with Gasteiger partial charge in [-0.05, 0) is 54.2 Å². The summed E-state index contributed by atoms with van der Waals surface area (Å²) in [5.74, 6) is 0.210. The van der Waals surface area contributed by atoms with E-state index in [2.05, 4.69) is 0 Å². The fraction of sp³-hybridized carbons (Fsp3) is 0.345. The Morgan fingerprint density at radius 2 is 1.38 bits per heavy atom. The van der Waals surface area contributed by atoms with Gasteiger partial charge >= 0.3 is 6.09 Å². The normalized spacial score (nSPS) is 15.1. The van der Waals surface area contributed by atoms with Gasteiger partial charge in [-0.2, -0.15) is 4.31 Å². The summed E-state index contributed by atoms with van der Waals surface area (Å²) in [6.07, 6.45) is 0.730. The highest BCUT2D eigenvalue weighted by molar-refractivity contribution is 7.89. The first-order valence-corrected chi connectivity index (χ1v) is 14.1. The molecule has 0 bridgehead atoms. The lowest BCUT2D eigenvalue weighted by Crippen LogP contribution is -2.46. The highest BCUT2D eigenvalue weighted by Crippen LogP contribution is 2.42. The van der Waals surface area contributed by atoms with Crippen molar-refractivity contribution in [3.8, 4) is 5.75 Å². The molecule has 1 amide bonds. The maximum Gasteiger partial charge on any atom is 0.415 e. The van der Waals surface area contributed by atoms with Gasteiger partial charge in [0.2, 0.25) is 10.0 Å². The fourth-order valence-electron chi connectivity index (χ4n) is 5.06. The minimum absolute atomic E-state index is 0.0779. The number of ether oxygens (including phenoxy) is 1. The number of likely N-dealkylation sites (tertiary alicyclic amines) is 1. The Labute approximate surface area is 219 Å². The van der Waals surface area contributed by atoms with Crippen LogP contribution in [-0.4, -0.2) is 55.0 Å². The molecular formula is C29H34N2O5S. The van der Waals surface area contributed by atoms with Crippen molar-refractivity contribution in [3.05, 3.63) is 96.1 Å². The molecule has 1 fully saturated rings. The lowest BCUT2D eigenvalue weighted by molar-refractivity contribution is -0.0115. The number of carbonyl (C=O) groups is 1. The molecule has 0 aromatic heterocycles. The molecule has 1 N–H and O–H groups in total. The van der Waals surface area contributed by atoms with Gasteiger partial charge in [0.1, 0.15) is 11.4 Å². The van der Waals surface area contributed by atoms with Crippen LogP contribution in [0.2, 0.25) is 0 Å². The minimum Gasteiger partial charge on any atom is -0.410 e. The van der Waals surface area contributed by atoms with E-state index in [-0.39, 0.29) is 16.6 Å². The second kappa shape index (κ2) is 11.5. The molecular weight excluding hydrogens is 488 g/mol. The van der Waals surface area contributed by atoms with Crippen molar-refractivity contribution in [2.45, 2.75) is 37.2 Å². The first-order chi connectivity index (χ1) is 17.8. The van der Waals surface area contributed by atoms with E-state index in [9.17, 15) is 18.3 Å². The number of carbonyl (C=O) groups excluding carboxylic acids is 1. The average Bonchev–Trinajstić information content (AvgIpc) is 2.94. The van der Waals surface area contributed by atoms with E-state index in [1.54, 1.807) is 18.7 Å². The molecule has 1 saturated heterocycles. The van der Waals surface area contributed by atoms with Crippen LogP contribution in [0.15, 0.2) is 89.8 Å². The van der Waals surface area contributed by atoms with Crippen LogP contribution in [-0.2, 0) is 15.6 Å². The number of benzene rings is 3. The number of hydrogen-bond acceptors (Lipinski definition) is 5. The number of rotatable bonds is 8. The summed E-state index contributed by atoms with van der Waals surface area (Å²) < 4.78 is 32.3. The Bertz CT molecular complexity index is 1230. The molecule has 196 valence electrons. The lowest BCUT2D eigenvalue weighted by Gasteiger charge is -2.42. The maximum atomic E-state index is 12.9. The van der Waals surface area contributed by atoms with Gasteiger partial charge in [0.25, 0.3) is 0 Å². The number of sulfonamides is 1. The van der Waals surface area contributed by atoms with Crippen molar-refractivity contribution in [2.24, 2.45) is 5.92 Å². The van der Waals surface area contributed by atoms with Crippen molar-refractivity contribution in [2.75, 3.05) is 26.2 Å². The van der Waals surface area contributed by atoms with Crippen LogP contribution in [0.25, 0.3) is 0 Å². The summed E-state index contributed by atoms with van der Waals surface area (Å²) in [5, 5.41) is 12.0. The van der Waals surface area contributed by atoms with Gasteiger partial charge in [-0.15, -0.1) is 0 Å². The third-order valence-corrected chi connectivity index (χ3v) is 9.21. The second-order valence-electron chi connectivity index (χ2n) is 9.19. The van der Waals surface area contributed by atoms with Crippen molar-refractivity contribution in [1.29, 1.82) is 0 Å². The number of amides is 1. The molecule has 0 aliphatic carbocycles. The SMILES string of the molecule is CCN(CC)S(=O)(=O)c1ccc(OC(=O)N2CCC(C(O)(c3ccccc3)c3ccccc3)CC2)cc1. The van der Waals surface area contributed by atoms with Crippen LogP contribution in [0.3, 0.4) is 0 Å². The average molecular weight is 523 g/mol. The molecule has 1 aliphatic rings. The summed E-state index contributed by atoms with van der Waals surface area (Å²) in [5.41, 5.74) is 0.508. The molecule has 1 heterocycles. The van der Waals surface area contributed by atoms with Crippen LogP contribution < -0.4 is 4.74 Å². The van der Waals surface area contributed by atoms with E-state index < -0.39 is 21.7 Å². The van der Waals surface area contributed by atoms with Crippen molar-refractivity contribution in [1.82, 2.24) is 9.21 Å². The highest BCUT2D eigenvalue weighted by atomic mass is 32.2. The summed E-state index contributed by atoms with van der Waals surface area (Å²) in [7, 11) is -3.57. The molecule has 1 aliphatic heterocycles. The Morgan fingerprint density at radius 1 is 0.892 bits per heavy atom. The number of aliphatic hydroxyl groups is 1. The molecule has 3 aromatic carbocycles. The molecule has 0 atom stereocenters. The van der Waals surface area contributed by atoms with Gasteiger partial charge in [-0.1, -0.05) is 74.5 Å². The largest absolute Gasteiger partial charge is 0.415 e. The summed E-state index contributed by atoms with van der Waals surface area (Å²) in [6, 6.07) is 25.3. The van der Waals surface area contributed by atoms with Gasteiger partial charge in [0.15, 0.2) is 0 Å². The van der Waals surface area contributed by atoms with Crippen LogP contribution >= 0.6 is 0 Å². The monoisotopic (exact) mass is 522 g/mol. The van der Waals surface area contributed by atoms with E-state index in [1.165, 1.54) is 28.6 Å². The van der Waals surface area contributed by atoms with Gasteiger partial charge < -0.3 is 14.7 Å². The molecule has 7 nitrogen and oxygen atoms in total. The number of piperidine rings is 1. The van der Waals surface area contributed by atoms with Crippen LogP contribution in [0.5, 0.6) is 5.75 Å². The molecule has 0 saturated carbocycles. The van der Waals surface area contributed by atoms with Gasteiger partial charge in [-0.3, -0.25) is 0 Å². The Morgan fingerprint density at radius 3 is 1.84 bits per heavy atom. The molecule has 3 aromatic rings. The van der Waals surface area contributed by atoms with Crippen molar-refractivity contribution < 1.29 is 23.1 Å². The summed E-state index contributed by atoms with van der Waals surface area (Å²) in [6.45, 7) is 5.24. The quantitative estimate of drug-likeness (QED) is 0.456. The highest BCUT2D eigenvalue weighted by Gasteiger charge is 2.42.